The molecule has 0 aromatic heterocycles. The zero-order chi connectivity index (χ0) is 9.14. The molecule has 2 nitrogen and oxygen atoms in total. The summed E-state index contributed by atoms with van der Waals surface area (Å²) in [6, 6.07) is 0. The summed E-state index contributed by atoms with van der Waals surface area (Å²) in [5.74, 6) is 1.66. The minimum atomic E-state index is 0.813. The fourth-order valence-corrected chi connectivity index (χ4v) is 1.80. The molecule has 0 bridgehead atoms. The Morgan fingerprint density at radius 1 is 1.00 bits per heavy atom. The molecule has 0 atom stereocenters. The van der Waals surface area contributed by atoms with Crippen LogP contribution in [0.3, 0.4) is 0 Å². The topological polar surface area (TPSA) is 6.48 Å². The Bertz CT molecular complexity index is 122. The standard InChI is InChI=1S/C10H22N2/c1-9(2)10-7-11(3)5-6-12(4)8-10/h9-10H,5-8H2,1-4H3. The van der Waals surface area contributed by atoms with Crippen molar-refractivity contribution in [3.05, 3.63) is 0 Å². The van der Waals surface area contributed by atoms with Crippen molar-refractivity contribution in [3.63, 3.8) is 0 Å². The van der Waals surface area contributed by atoms with E-state index in [0.29, 0.717) is 0 Å². The second-order valence-corrected chi connectivity index (χ2v) is 4.53. The summed E-state index contributed by atoms with van der Waals surface area (Å²) in [5.41, 5.74) is 0. The molecule has 0 spiro atoms. The third-order valence-corrected chi connectivity index (χ3v) is 2.90. The van der Waals surface area contributed by atoms with Crippen LogP contribution >= 0.6 is 0 Å². The number of nitrogens with zero attached hydrogens (tertiary/aromatic N) is 2. The van der Waals surface area contributed by atoms with Gasteiger partial charge in [-0.25, -0.2) is 0 Å². The van der Waals surface area contributed by atoms with E-state index in [9.17, 15) is 0 Å². The van der Waals surface area contributed by atoms with E-state index in [-0.39, 0.29) is 0 Å². The Labute approximate surface area is 76.5 Å². The second-order valence-electron chi connectivity index (χ2n) is 4.53. The van der Waals surface area contributed by atoms with Crippen LogP contribution < -0.4 is 0 Å². The molecule has 72 valence electrons. The molecule has 1 rings (SSSR count). The van der Waals surface area contributed by atoms with Crippen molar-refractivity contribution in [1.82, 2.24) is 9.80 Å². The molecular formula is C10H22N2. The molecule has 12 heavy (non-hydrogen) atoms. The van der Waals surface area contributed by atoms with Crippen LogP contribution in [0.1, 0.15) is 13.8 Å². The lowest BCUT2D eigenvalue weighted by Crippen LogP contribution is -2.29. The first-order chi connectivity index (χ1) is 5.59. The molecular weight excluding hydrogens is 148 g/mol. The highest BCUT2D eigenvalue weighted by molar-refractivity contribution is 4.74. The molecule has 1 aliphatic heterocycles. The van der Waals surface area contributed by atoms with Gasteiger partial charge >= 0.3 is 0 Å². The molecule has 2 heteroatoms. The molecule has 1 heterocycles. The first-order valence-electron chi connectivity index (χ1n) is 4.96. The molecule has 0 amide bonds. The van der Waals surface area contributed by atoms with Gasteiger partial charge in [-0.2, -0.15) is 0 Å². The SMILES string of the molecule is CC(C)C1CN(C)CCN(C)C1. The molecule has 0 N–H and O–H groups in total. The first kappa shape index (κ1) is 10.0. The van der Waals surface area contributed by atoms with Crippen molar-refractivity contribution < 1.29 is 0 Å². The average molecular weight is 170 g/mol. The van der Waals surface area contributed by atoms with Crippen LogP contribution in [0.4, 0.5) is 0 Å². The molecule has 1 aliphatic rings. The largest absolute Gasteiger partial charge is 0.305 e. The van der Waals surface area contributed by atoms with Gasteiger partial charge in [0.1, 0.15) is 0 Å². The van der Waals surface area contributed by atoms with Gasteiger partial charge in [0.05, 0.1) is 0 Å². The number of likely N-dealkylation sites (N-methyl/N-ethyl adjacent to an activating group) is 2. The van der Waals surface area contributed by atoms with Gasteiger partial charge in [-0.1, -0.05) is 13.8 Å². The van der Waals surface area contributed by atoms with Gasteiger partial charge in [0.2, 0.25) is 0 Å². The fourth-order valence-electron chi connectivity index (χ4n) is 1.80. The van der Waals surface area contributed by atoms with E-state index in [2.05, 4.69) is 37.7 Å². The molecule has 0 unspecified atom stereocenters. The predicted molar refractivity (Wildman–Crippen MR) is 53.3 cm³/mol. The van der Waals surface area contributed by atoms with Gasteiger partial charge in [0.25, 0.3) is 0 Å². The van der Waals surface area contributed by atoms with Crippen molar-refractivity contribution in [2.24, 2.45) is 11.8 Å². The summed E-state index contributed by atoms with van der Waals surface area (Å²) in [4.78, 5) is 4.91. The van der Waals surface area contributed by atoms with Crippen molar-refractivity contribution in [2.45, 2.75) is 13.8 Å². The molecule has 0 saturated carbocycles. The van der Waals surface area contributed by atoms with E-state index in [0.717, 1.165) is 11.8 Å². The van der Waals surface area contributed by atoms with Crippen molar-refractivity contribution in [2.75, 3.05) is 40.3 Å². The lowest BCUT2D eigenvalue weighted by molar-refractivity contribution is 0.246. The Morgan fingerprint density at radius 2 is 1.42 bits per heavy atom. The van der Waals surface area contributed by atoms with Gasteiger partial charge in [0, 0.05) is 26.2 Å². The minimum Gasteiger partial charge on any atom is -0.305 e. The van der Waals surface area contributed by atoms with E-state index < -0.39 is 0 Å². The van der Waals surface area contributed by atoms with E-state index in [1.54, 1.807) is 0 Å². The Hall–Kier alpha value is -0.0800. The van der Waals surface area contributed by atoms with Crippen LogP contribution in [0.15, 0.2) is 0 Å². The van der Waals surface area contributed by atoms with Gasteiger partial charge in [-0.15, -0.1) is 0 Å². The number of rotatable bonds is 1. The van der Waals surface area contributed by atoms with E-state index >= 15 is 0 Å². The molecule has 1 saturated heterocycles. The third-order valence-electron chi connectivity index (χ3n) is 2.90. The van der Waals surface area contributed by atoms with Gasteiger partial charge in [-0.3, -0.25) is 0 Å². The van der Waals surface area contributed by atoms with Crippen molar-refractivity contribution in [3.8, 4) is 0 Å². The van der Waals surface area contributed by atoms with Gasteiger partial charge < -0.3 is 9.80 Å². The number of hydrogen-bond donors (Lipinski definition) is 0. The highest BCUT2D eigenvalue weighted by Crippen LogP contribution is 2.15. The quantitative estimate of drug-likeness (QED) is 0.582. The fraction of sp³-hybridized carbons (Fsp3) is 1.00. The van der Waals surface area contributed by atoms with Crippen LogP contribution in [0.25, 0.3) is 0 Å². The summed E-state index contributed by atoms with van der Waals surface area (Å²) in [7, 11) is 4.46. The van der Waals surface area contributed by atoms with Crippen LogP contribution in [-0.2, 0) is 0 Å². The summed E-state index contributed by atoms with van der Waals surface area (Å²) < 4.78 is 0. The van der Waals surface area contributed by atoms with Crippen LogP contribution in [0.5, 0.6) is 0 Å². The smallest absolute Gasteiger partial charge is 0.0106 e. The van der Waals surface area contributed by atoms with Crippen molar-refractivity contribution in [1.29, 1.82) is 0 Å². The maximum absolute atomic E-state index is 2.45. The predicted octanol–water partition coefficient (Wildman–Crippen LogP) is 1.14. The normalized spacial score (nSPS) is 24.8. The molecule has 0 aliphatic carbocycles. The highest BCUT2D eigenvalue weighted by atomic mass is 15.2. The van der Waals surface area contributed by atoms with Gasteiger partial charge in [-0.05, 0) is 25.9 Å². The number of hydrogen-bond acceptors (Lipinski definition) is 2. The second kappa shape index (κ2) is 4.24. The average Bonchev–Trinajstić information content (AvgIpc) is 2.13. The summed E-state index contributed by atoms with van der Waals surface area (Å²) in [6.07, 6.45) is 0. The zero-order valence-corrected chi connectivity index (χ0v) is 8.88. The third kappa shape index (κ3) is 2.76. The lowest BCUT2D eigenvalue weighted by Gasteiger charge is -2.24. The van der Waals surface area contributed by atoms with E-state index in [1.165, 1.54) is 26.2 Å². The Kier molecular flexibility index (Phi) is 3.53. The summed E-state index contributed by atoms with van der Waals surface area (Å²) >= 11 is 0. The van der Waals surface area contributed by atoms with E-state index in [1.807, 2.05) is 0 Å². The van der Waals surface area contributed by atoms with E-state index in [4.69, 9.17) is 0 Å². The molecule has 0 aromatic carbocycles. The monoisotopic (exact) mass is 170 g/mol. The van der Waals surface area contributed by atoms with Crippen molar-refractivity contribution >= 4 is 0 Å². The van der Waals surface area contributed by atoms with Gasteiger partial charge in [0.15, 0.2) is 0 Å². The molecule has 0 aromatic rings. The Morgan fingerprint density at radius 3 is 1.75 bits per heavy atom. The Balaban J connectivity index is 2.49. The summed E-state index contributed by atoms with van der Waals surface area (Å²) in [6.45, 7) is 9.64. The van der Waals surface area contributed by atoms with Crippen LogP contribution in [-0.4, -0.2) is 50.1 Å². The van der Waals surface area contributed by atoms with Crippen LogP contribution in [0, 0.1) is 11.8 Å². The maximum atomic E-state index is 2.45. The lowest BCUT2D eigenvalue weighted by atomic mass is 9.95. The maximum Gasteiger partial charge on any atom is 0.0106 e. The summed E-state index contributed by atoms with van der Waals surface area (Å²) in [5, 5.41) is 0. The zero-order valence-electron chi connectivity index (χ0n) is 8.88. The van der Waals surface area contributed by atoms with Crippen LogP contribution in [0.2, 0.25) is 0 Å². The molecule has 0 radical (unpaired) electrons. The minimum absolute atomic E-state index is 0.813. The molecule has 1 fully saturated rings. The first-order valence-corrected chi connectivity index (χ1v) is 4.96. The highest BCUT2D eigenvalue weighted by Gasteiger charge is 2.20.